The monoisotopic (exact) mass is 317 g/mol. The molecule has 0 aromatic carbocycles. The van der Waals surface area contributed by atoms with E-state index in [0.29, 0.717) is 37.1 Å². The Morgan fingerprint density at radius 2 is 2.10 bits per heavy atom. The number of nitrogens with one attached hydrogen (secondary N) is 2. The zero-order chi connectivity index (χ0) is 15.3. The molecule has 2 heterocycles. The molecule has 8 nitrogen and oxygen atoms in total. The smallest absolute Gasteiger partial charge is 0.279 e. The number of piperidine rings is 1. The van der Waals surface area contributed by atoms with Crippen molar-refractivity contribution in [3.8, 4) is 0 Å². The van der Waals surface area contributed by atoms with Gasteiger partial charge in [-0.15, -0.1) is 0 Å². The second-order valence-corrected chi connectivity index (χ2v) is 7.03. The first kappa shape index (κ1) is 16.3. The van der Waals surface area contributed by atoms with Crippen LogP contribution < -0.4 is 10.0 Å². The molecular formula is C12H23N5O3S. The Hall–Kier alpha value is -1.03. The predicted octanol–water partition coefficient (Wildman–Crippen LogP) is -0.314. The van der Waals surface area contributed by atoms with E-state index in [2.05, 4.69) is 20.2 Å². The van der Waals surface area contributed by atoms with Gasteiger partial charge in [-0.05, 0) is 32.4 Å². The topological polar surface area (TPSA) is 100 Å². The molecule has 0 spiro atoms. The molecule has 2 N–H and O–H groups in total. The fourth-order valence-corrected chi connectivity index (χ4v) is 3.70. The maximum absolute atomic E-state index is 12.2. The highest BCUT2D eigenvalue weighted by Crippen LogP contribution is 2.18. The Kier molecular flexibility index (Phi) is 5.68. The van der Waals surface area contributed by atoms with Crippen molar-refractivity contribution in [1.82, 2.24) is 24.5 Å². The molecule has 1 aromatic heterocycles. The van der Waals surface area contributed by atoms with Gasteiger partial charge < -0.3 is 9.84 Å². The van der Waals surface area contributed by atoms with Crippen LogP contribution in [-0.2, 0) is 16.6 Å². The molecular weight excluding hydrogens is 294 g/mol. The number of nitrogens with zero attached hydrogens (tertiary/aromatic N) is 3. The van der Waals surface area contributed by atoms with Crippen LogP contribution in [0.2, 0.25) is 0 Å². The van der Waals surface area contributed by atoms with Crippen molar-refractivity contribution in [2.45, 2.75) is 26.2 Å². The van der Waals surface area contributed by atoms with Crippen molar-refractivity contribution in [3.63, 3.8) is 0 Å². The molecule has 0 unspecified atom stereocenters. The van der Waals surface area contributed by atoms with E-state index >= 15 is 0 Å². The maximum Gasteiger partial charge on any atom is 0.279 e. The number of rotatable bonds is 7. The van der Waals surface area contributed by atoms with E-state index in [1.807, 2.05) is 7.05 Å². The summed E-state index contributed by atoms with van der Waals surface area (Å²) in [6, 6.07) is 0. The quantitative estimate of drug-likeness (QED) is 0.715. The van der Waals surface area contributed by atoms with Gasteiger partial charge in [0.15, 0.2) is 5.82 Å². The van der Waals surface area contributed by atoms with E-state index in [1.54, 1.807) is 6.92 Å². The van der Waals surface area contributed by atoms with Gasteiger partial charge in [0.05, 0.1) is 0 Å². The summed E-state index contributed by atoms with van der Waals surface area (Å²) in [5.41, 5.74) is 0. The lowest BCUT2D eigenvalue weighted by molar-refractivity contribution is 0.268. The fraction of sp³-hybridized carbons (Fsp3) is 0.833. The van der Waals surface area contributed by atoms with Crippen molar-refractivity contribution < 1.29 is 12.9 Å². The van der Waals surface area contributed by atoms with E-state index in [-0.39, 0.29) is 6.54 Å². The summed E-state index contributed by atoms with van der Waals surface area (Å²) in [6.45, 7) is 4.07. The predicted molar refractivity (Wildman–Crippen MR) is 77.9 cm³/mol. The normalized spacial score (nSPS) is 18.2. The first-order valence-corrected chi connectivity index (χ1v) is 8.64. The maximum atomic E-state index is 12.2. The highest BCUT2D eigenvalue weighted by Gasteiger charge is 2.27. The summed E-state index contributed by atoms with van der Waals surface area (Å²) in [5.74, 6) is 1.56. The molecule has 1 saturated heterocycles. The Morgan fingerprint density at radius 1 is 1.38 bits per heavy atom. The molecule has 1 aliphatic rings. The summed E-state index contributed by atoms with van der Waals surface area (Å²) >= 11 is 0. The second-order valence-electron chi connectivity index (χ2n) is 5.28. The molecule has 0 bridgehead atoms. The Labute approximate surface area is 125 Å². The zero-order valence-corrected chi connectivity index (χ0v) is 13.3. The van der Waals surface area contributed by atoms with Crippen LogP contribution in [0, 0.1) is 12.8 Å². The highest BCUT2D eigenvalue weighted by molar-refractivity contribution is 7.87. The van der Waals surface area contributed by atoms with Crippen molar-refractivity contribution in [1.29, 1.82) is 0 Å². The van der Waals surface area contributed by atoms with Crippen LogP contribution in [0.3, 0.4) is 0 Å². The molecule has 0 radical (unpaired) electrons. The highest BCUT2D eigenvalue weighted by atomic mass is 32.2. The van der Waals surface area contributed by atoms with Crippen LogP contribution in [-0.4, -0.2) is 56.1 Å². The molecule has 0 amide bonds. The first-order valence-electron chi connectivity index (χ1n) is 7.20. The van der Waals surface area contributed by atoms with Crippen LogP contribution in [0.1, 0.15) is 24.6 Å². The minimum absolute atomic E-state index is 0.276. The van der Waals surface area contributed by atoms with Crippen LogP contribution in [0.4, 0.5) is 0 Å². The van der Waals surface area contributed by atoms with Gasteiger partial charge in [-0.1, -0.05) is 5.16 Å². The van der Waals surface area contributed by atoms with Crippen molar-refractivity contribution in [3.05, 3.63) is 11.7 Å². The molecule has 1 aliphatic heterocycles. The van der Waals surface area contributed by atoms with Gasteiger partial charge in [0.1, 0.15) is 0 Å². The molecule has 1 aromatic rings. The first-order chi connectivity index (χ1) is 10.0. The van der Waals surface area contributed by atoms with Gasteiger partial charge in [0.2, 0.25) is 5.89 Å². The van der Waals surface area contributed by atoms with Crippen LogP contribution >= 0.6 is 0 Å². The lowest BCUT2D eigenvalue weighted by Gasteiger charge is -2.31. The molecule has 21 heavy (non-hydrogen) atoms. The number of aromatic nitrogens is 2. The minimum atomic E-state index is -3.41. The second kappa shape index (κ2) is 7.30. The van der Waals surface area contributed by atoms with Gasteiger partial charge in [0.25, 0.3) is 10.2 Å². The molecule has 1 fully saturated rings. The summed E-state index contributed by atoms with van der Waals surface area (Å²) in [5, 5.41) is 6.88. The Morgan fingerprint density at radius 3 is 2.67 bits per heavy atom. The zero-order valence-electron chi connectivity index (χ0n) is 12.5. The van der Waals surface area contributed by atoms with Gasteiger partial charge in [-0.2, -0.15) is 17.7 Å². The van der Waals surface area contributed by atoms with E-state index in [1.165, 1.54) is 4.31 Å². The Balaban J connectivity index is 1.77. The molecule has 0 aliphatic carbocycles. The third-order valence-corrected chi connectivity index (χ3v) is 5.22. The van der Waals surface area contributed by atoms with Crippen LogP contribution in [0.15, 0.2) is 4.52 Å². The van der Waals surface area contributed by atoms with Gasteiger partial charge in [0, 0.05) is 33.0 Å². The van der Waals surface area contributed by atoms with E-state index in [4.69, 9.17) is 4.52 Å². The SMILES string of the molecule is CNCC1CCN(S(=O)(=O)NCCc2noc(C)n2)CC1. The van der Waals surface area contributed by atoms with Gasteiger partial charge in [-0.3, -0.25) is 0 Å². The van der Waals surface area contributed by atoms with Crippen molar-refractivity contribution >= 4 is 10.2 Å². The standard InChI is InChI=1S/C12H23N5O3S/c1-10-15-12(16-20-10)3-6-14-21(18,19)17-7-4-11(5-8-17)9-13-2/h11,13-14H,3-9H2,1-2H3. The summed E-state index contributed by atoms with van der Waals surface area (Å²) in [4.78, 5) is 4.04. The van der Waals surface area contributed by atoms with Gasteiger partial charge >= 0.3 is 0 Å². The molecule has 0 saturated carbocycles. The molecule has 2 rings (SSSR count). The number of hydrogen-bond acceptors (Lipinski definition) is 6. The third kappa shape index (κ3) is 4.73. The minimum Gasteiger partial charge on any atom is -0.340 e. The lowest BCUT2D eigenvalue weighted by atomic mass is 9.98. The molecule has 0 atom stereocenters. The fourth-order valence-electron chi connectivity index (χ4n) is 2.47. The van der Waals surface area contributed by atoms with E-state index < -0.39 is 10.2 Å². The Bertz CT molecular complexity index is 537. The van der Waals surface area contributed by atoms with Gasteiger partial charge in [-0.25, -0.2) is 4.72 Å². The average molecular weight is 317 g/mol. The molecule has 9 heteroatoms. The summed E-state index contributed by atoms with van der Waals surface area (Å²) < 4.78 is 33.3. The van der Waals surface area contributed by atoms with Crippen LogP contribution in [0.5, 0.6) is 0 Å². The number of aryl methyl sites for hydroxylation is 1. The third-order valence-electron chi connectivity index (χ3n) is 3.61. The average Bonchev–Trinajstić information content (AvgIpc) is 2.85. The van der Waals surface area contributed by atoms with Crippen LogP contribution in [0.25, 0.3) is 0 Å². The summed E-state index contributed by atoms with van der Waals surface area (Å²) in [6.07, 6.45) is 2.21. The van der Waals surface area contributed by atoms with E-state index in [9.17, 15) is 8.42 Å². The lowest BCUT2D eigenvalue weighted by Crippen LogP contribution is -2.46. The molecule has 120 valence electrons. The largest absolute Gasteiger partial charge is 0.340 e. The van der Waals surface area contributed by atoms with Crippen molar-refractivity contribution in [2.24, 2.45) is 5.92 Å². The van der Waals surface area contributed by atoms with E-state index in [0.717, 1.165) is 19.4 Å². The van der Waals surface area contributed by atoms with Crippen molar-refractivity contribution in [2.75, 3.05) is 33.2 Å². The summed E-state index contributed by atoms with van der Waals surface area (Å²) in [7, 11) is -1.49. The number of hydrogen-bond donors (Lipinski definition) is 2.